The Hall–Kier alpha value is -2.47. The van der Waals surface area contributed by atoms with Gasteiger partial charge in [-0.3, -0.25) is 4.72 Å². The van der Waals surface area contributed by atoms with E-state index < -0.39 is 34.7 Å². The summed E-state index contributed by atoms with van der Waals surface area (Å²) in [5.74, 6) is -0.536. The molecule has 33 heavy (non-hydrogen) atoms. The van der Waals surface area contributed by atoms with Gasteiger partial charge in [-0.05, 0) is 73.3 Å². The fraction of sp³-hybridized carbons (Fsp3) is 0.429. The molecule has 0 amide bonds. The number of benzene rings is 2. The second-order valence-corrected chi connectivity index (χ2v) is 9.35. The van der Waals surface area contributed by atoms with E-state index in [0.717, 1.165) is 35.4 Å². The summed E-state index contributed by atoms with van der Waals surface area (Å²) in [5.41, 5.74) is 2.17. The highest BCUT2D eigenvalue weighted by Crippen LogP contribution is 2.27. The second kappa shape index (κ2) is 9.80. The Labute approximate surface area is 187 Å². The van der Waals surface area contributed by atoms with Crippen LogP contribution in [0.5, 0.6) is 5.75 Å². The summed E-state index contributed by atoms with van der Waals surface area (Å²) in [6, 6.07) is 8.85. The third kappa shape index (κ3) is 7.81. The van der Waals surface area contributed by atoms with Crippen LogP contribution in [0, 0.1) is 0 Å². The molecule has 3 rings (SSSR count). The molecule has 1 N–H and O–H groups in total. The zero-order chi connectivity index (χ0) is 24.3. The van der Waals surface area contributed by atoms with Gasteiger partial charge in [0.15, 0.2) is 0 Å². The molecule has 182 valence electrons. The van der Waals surface area contributed by atoms with E-state index in [1.807, 2.05) is 4.90 Å². The van der Waals surface area contributed by atoms with Crippen molar-refractivity contribution < 1.29 is 39.5 Å². The number of sulfonamides is 1. The van der Waals surface area contributed by atoms with Gasteiger partial charge in [-0.15, -0.1) is 13.2 Å². The summed E-state index contributed by atoms with van der Waals surface area (Å²) in [7, 11) is -4.05. The number of nitrogens with zero attached hydrogens (tertiary/aromatic N) is 1. The Balaban J connectivity index is 1.63. The lowest BCUT2D eigenvalue weighted by atomic mass is 10.0. The fourth-order valence-corrected chi connectivity index (χ4v) is 4.65. The number of fused-ring (bicyclic) bond motifs is 1. The molecule has 1 aliphatic heterocycles. The van der Waals surface area contributed by atoms with E-state index in [2.05, 4.69) is 9.46 Å². The predicted molar refractivity (Wildman–Crippen MR) is 110 cm³/mol. The maximum Gasteiger partial charge on any atom is 0.573 e. The molecule has 2 aromatic rings. The summed E-state index contributed by atoms with van der Waals surface area (Å²) in [4.78, 5) is 1.72. The number of rotatable bonds is 7. The van der Waals surface area contributed by atoms with E-state index in [1.165, 1.54) is 0 Å². The predicted octanol–water partition coefficient (Wildman–Crippen LogP) is 5.13. The van der Waals surface area contributed by atoms with Gasteiger partial charge < -0.3 is 9.64 Å². The van der Waals surface area contributed by atoms with Crippen LogP contribution in [0.4, 0.5) is 32.0 Å². The number of halogens is 6. The lowest BCUT2D eigenvalue weighted by Crippen LogP contribution is -2.28. The van der Waals surface area contributed by atoms with Crippen LogP contribution in [0.15, 0.2) is 47.4 Å². The Bertz CT molecular complexity index is 1050. The number of hydrogen-bond acceptors (Lipinski definition) is 4. The van der Waals surface area contributed by atoms with Gasteiger partial charge in [-0.1, -0.05) is 6.07 Å². The smallest absolute Gasteiger partial charge is 0.406 e. The molecule has 0 aromatic heterocycles. The van der Waals surface area contributed by atoms with E-state index in [4.69, 9.17) is 0 Å². The topological polar surface area (TPSA) is 58.6 Å². The molecule has 12 heteroatoms. The maximum atomic E-state index is 12.6. The molecule has 0 saturated heterocycles. The average Bonchev–Trinajstić information content (AvgIpc) is 2.88. The van der Waals surface area contributed by atoms with Crippen LogP contribution < -0.4 is 9.46 Å². The molecule has 0 radical (unpaired) electrons. The van der Waals surface area contributed by atoms with Gasteiger partial charge >= 0.3 is 12.5 Å². The molecular weight excluding hydrogens is 474 g/mol. The molecule has 0 spiro atoms. The maximum absolute atomic E-state index is 12.6. The van der Waals surface area contributed by atoms with Crippen molar-refractivity contribution in [3.63, 3.8) is 0 Å². The molecule has 0 fully saturated rings. The second-order valence-electron chi connectivity index (χ2n) is 7.67. The first-order valence-corrected chi connectivity index (χ1v) is 11.6. The summed E-state index contributed by atoms with van der Waals surface area (Å²) in [6.07, 6.45) is -8.67. The first-order chi connectivity index (χ1) is 15.3. The van der Waals surface area contributed by atoms with Crippen molar-refractivity contribution in [2.45, 2.75) is 43.1 Å². The van der Waals surface area contributed by atoms with Gasteiger partial charge in [0.1, 0.15) is 5.75 Å². The summed E-state index contributed by atoms with van der Waals surface area (Å²) in [5, 5.41) is 0. The largest absolute Gasteiger partial charge is 0.573 e. The minimum absolute atomic E-state index is 0.0255. The molecule has 5 nitrogen and oxygen atoms in total. The Morgan fingerprint density at radius 1 is 0.909 bits per heavy atom. The number of hydrogen-bond donors (Lipinski definition) is 1. The first kappa shape index (κ1) is 25.2. The third-order valence-corrected chi connectivity index (χ3v) is 6.55. The van der Waals surface area contributed by atoms with Gasteiger partial charge in [0.05, 0.1) is 4.90 Å². The van der Waals surface area contributed by atoms with Crippen molar-refractivity contribution in [3.05, 3.63) is 53.6 Å². The first-order valence-electron chi connectivity index (χ1n) is 10.1. The van der Waals surface area contributed by atoms with Crippen LogP contribution in [0.1, 0.15) is 24.0 Å². The molecule has 0 aliphatic carbocycles. The van der Waals surface area contributed by atoms with Crippen molar-refractivity contribution >= 4 is 15.7 Å². The molecule has 1 aliphatic rings. The normalized spacial score (nSPS) is 15.6. The van der Waals surface area contributed by atoms with Gasteiger partial charge in [-0.25, -0.2) is 8.42 Å². The molecule has 2 aromatic carbocycles. The monoisotopic (exact) mass is 496 g/mol. The average molecular weight is 496 g/mol. The van der Waals surface area contributed by atoms with Crippen LogP contribution >= 0.6 is 0 Å². The van der Waals surface area contributed by atoms with Crippen LogP contribution in [-0.4, -0.2) is 45.5 Å². The van der Waals surface area contributed by atoms with E-state index in [1.54, 1.807) is 18.2 Å². The van der Waals surface area contributed by atoms with Crippen molar-refractivity contribution in [1.82, 2.24) is 4.90 Å². The van der Waals surface area contributed by atoms with Crippen LogP contribution in [0.3, 0.4) is 0 Å². The minimum atomic E-state index is -4.88. The zero-order valence-electron chi connectivity index (χ0n) is 17.3. The van der Waals surface area contributed by atoms with E-state index >= 15 is 0 Å². The van der Waals surface area contributed by atoms with E-state index in [9.17, 15) is 34.8 Å². The molecule has 0 saturated carbocycles. The standard InChI is InChI=1S/C21H22F6N2O3S/c22-20(23,24)10-1-11-29-12-8-15-2-3-17(14-16(15)9-13-29)28-33(30,31)19-6-4-18(5-7-19)32-21(25,26)27/h2-7,14,28H,1,8-13H2. The van der Waals surface area contributed by atoms with Crippen LogP contribution in [0.2, 0.25) is 0 Å². The molecule has 0 bridgehead atoms. The zero-order valence-corrected chi connectivity index (χ0v) is 18.2. The van der Waals surface area contributed by atoms with Gasteiger partial charge in [-0.2, -0.15) is 13.2 Å². The Morgan fingerprint density at radius 3 is 2.15 bits per heavy atom. The Morgan fingerprint density at radius 2 is 1.55 bits per heavy atom. The van der Waals surface area contributed by atoms with Gasteiger partial charge in [0, 0.05) is 25.2 Å². The van der Waals surface area contributed by atoms with Gasteiger partial charge in [0.2, 0.25) is 0 Å². The highest BCUT2D eigenvalue weighted by atomic mass is 32.2. The minimum Gasteiger partial charge on any atom is -0.406 e. The van der Waals surface area contributed by atoms with Crippen molar-refractivity contribution in [1.29, 1.82) is 0 Å². The number of anilines is 1. The third-order valence-electron chi connectivity index (χ3n) is 5.16. The molecule has 0 atom stereocenters. The lowest BCUT2D eigenvalue weighted by Gasteiger charge is -2.19. The highest BCUT2D eigenvalue weighted by Gasteiger charge is 2.31. The quantitative estimate of drug-likeness (QED) is 0.540. The van der Waals surface area contributed by atoms with Gasteiger partial charge in [0.25, 0.3) is 10.0 Å². The number of ether oxygens (including phenoxy) is 1. The summed E-state index contributed by atoms with van der Waals surface area (Å²) < 4.78 is 105. The molecular formula is C21H22F6N2O3S. The lowest BCUT2D eigenvalue weighted by molar-refractivity contribution is -0.274. The molecule has 1 heterocycles. The number of alkyl halides is 6. The summed E-state index contributed by atoms with van der Waals surface area (Å²) >= 11 is 0. The molecule has 0 unspecified atom stereocenters. The number of nitrogens with one attached hydrogen (secondary N) is 1. The Kier molecular flexibility index (Phi) is 7.47. The van der Waals surface area contributed by atoms with Crippen LogP contribution in [0.25, 0.3) is 0 Å². The van der Waals surface area contributed by atoms with Crippen LogP contribution in [-0.2, 0) is 22.9 Å². The van der Waals surface area contributed by atoms with Crippen molar-refractivity contribution in [2.75, 3.05) is 24.4 Å². The van der Waals surface area contributed by atoms with Crippen molar-refractivity contribution in [3.8, 4) is 5.75 Å². The SMILES string of the molecule is O=S(=O)(Nc1ccc2c(c1)CCN(CCCC(F)(F)F)CC2)c1ccc(OC(F)(F)F)cc1. The summed E-state index contributed by atoms with van der Waals surface area (Å²) in [6.45, 7) is 1.50. The fourth-order valence-electron chi connectivity index (χ4n) is 3.60. The van der Waals surface area contributed by atoms with E-state index in [0.29, 0.717) is 32.5 Å². The highest BCUT2D eigenvalue weighted by molar-refractivity contribution is 7.92. The van der Waals surface area contributed by atoms with E-state index in [-0.39, 0.29) is 17.0 Å². The van der Waals surface area contributed by atoms with Crippen molar-refractivity contribution in [2.24, 2.45) is 0 Å².